The van der Waals surface area contributed by atoms with E-state index in [2.05, 4.69) is 20.3 Å². The summed E-state index contributed by atoms with van der Waals surface area (Å²) in [6.45, 7) is 0.813. The predicted octanol–water partition coefficient (Wildman–Crippen LogP) is 2.24. The van der Waals surface area contributed by atoms with Crippen LogP contribution < -0.4 is 4.90 Å². The number of halogens is 3. The van der Waals surface area contributed by atoms with E-state index in [0.29, 0.717) is 24.1 Å². The van der Waals surface area contributed by atoms with Crippen molar-refractivity contribution in [3.63, 3.8) is 0 Å². The van der Waals surface area contributed by atoms with Gasteiger partial charge in [0, 0.05) is 31.4 Å². The molecule has 0 unspecified atom stereocenters. The number of aromatic nitrogens is 6. The number of alkyl halides is 3. The number of hydrogen-bond donors (Lipinski definition) is 0. The van der Waals surface area contributed by atoms with Gasteiger partial charge >= 0.3 is 6.18 Å². The summed E-state index contributed by atoms with van der Waals surface area (Å²) in [5.41, 5.74) is 1.92. The summed E-state index contributed by atoms with van der Waals surface area (Å²) in [7, 11) is 0. The molecule has 25 heavy (non-hydrogen) atoms. The highest BCUT2D eigenvalue weighted by Crippen LogP contribution is 2.40. The molecule has 10 heteroatoms. The topological polar surface area (TPSA) is 64.1 Å². The van der Waals surface area contributed by atoms with Gasteiger partial charge in [0.1, 0.15) is 5.52 Å². The Kier molecular flexibility index (Phi) is 2.89. The maximum Gasteiger partial charge on any atom is 0.451 e. The number of nitrogens with zero attached hydrogens (tertiary/aromatic N) is 7. The van der Waals surface area contributed by atoms with Crippen molar-refractivity contribution in [2.45, 2.75) is 38.0 Å². The van der Waals surface area contributed by atoms with Crippen molar-refractivity contribution in [3.8, 4) is 0 Å². The Balaban J connectivity index is 1.51. The molecule has 1 fully saturated rings. The quantitative estimate of drug-likeness (QED) is 0.710. The zero-order chi connectivity index (χ0) is 17.2. The fourth-order valence-electron chi connectivity index (χ4n) is 3.30. The summed E-state index contributed by atoms with van der Waals surface area (Å²) in [5.74, 6) is 0.592. The SMILES string of the molecule is FC(F)(F)c1nnc2n1CCN(c1nccn3nc(C4CC4)cc13)C2. The summed E-state index contributed by atoms with van der Waals surface area (Å²) >= 11 is 0. The Morgan fingerprint density at radius 3 is 2.72 bits per heavy atom. The second kappa shape index (κ2) is 4.93. The highest BCUT2D eigenvalue weighted by Gasteiger charge is 2.39. The maximum atomic E-state index is 13.0. The molecule has 1 aliphatic heterocycles. The first-order valence-corrected chi connectivity index (χ1v) is 8.09. The van der Waals surface area contributed by atoms with Crippen molar-refractivity contribution in [2.75, 3.05) is 11.4 Å². The van der Waals surface area contributed by atoms with Crippen LogP contribution >= 0.6 is 0 Å². The first kappa shape index (κ1) is 14.7. The second-order valence-electron chi connectivity index (χ2n) is 6.43. The molecule has 0 bridgehead atoms. The van der Waals surface area contributed by atoms with Crippen LogP contribution in [0.25, 0.3) is 5.52 Å². The Bertz CT molecular complexity index is 954. The molecule has 0 radical (unpaired) electrons. The molecular weight excluding hydrogens is 335 g/mol. The van der Waals surface area contributed by atoms with Gasteiger partial charge in [0.15, 0.2) is 11.6 Å². The number of rotatable bonds is 2. The normalized spacial score (nSPS) is 18.0. The molecule has 5 rings (SSSR count). The zero-order valence-corrected chi connectivity index (χ0v) is 13.1. The smallest absolute Gasteiger partial charge is 0.345 e. The third-order valence-electron chi connectivity index (χ3n) is 4.69. The van der Waals surface area contributed by atoms with E-state index in [1.165, 1.54) is 0 Å². The van der Waals surface area contributed by atoms with E-state index in [-0.39, 0.29) is 13.1 Å². The first-order chi connectivity index (χ1) is 12.0. The molecule has 0 saturated heterocycles. The minimum absolute atomic E-state index is 0.170. The van der Waals surface area contributed by atoms with Crippen molar-refractivity contribution in [2.24, 2.45) is 0 Å². The van der Waals surface area contributed by atoms with Crippen LogP contribution in [0.4, 0.5) is 19.0 Å². The standard InChI is InChI=1S/C15H14F3N7/c16-15(17,18)14-21-20-12-8-23(5-6-24(12)14)13-11-7-10(9-1-2-9)22-25(11)4-3-19-13/h3-4,7,9H,1-2,5-6,8H2. The van der Waals surface area contributed by atoms with E-state index in [1.807, 2.05) is 11.0 Å². The molecule has 0 spiro atoms. The van der Waals surface area contributed by atoms with E-state index in [1.54, 1.807) is 16.9 Å². The van der Waals surface area contributed by atoms with Crippen molar-refractivity contribution in [1.29, 1.82) is 0 Å². The van der Waals surface area contributed by atoms with Crippen LogP contribution in [0.1, 0.15) is 36.1 Å². The highest BCUT2D eigenvalue weighted by atomic mass is 19.4. The Morgan fingerprint density at radius 1 is 1.12 bits per heavy atom. The van der Waals surface area contributed by atoms with E-state index in [4.69, 9.17) is 0 Å². The average molecular weight is 349 g/mol. The molecule has 2 aliphatic rings. The minimum Gasteiger partial charge on any atom is -0.345 e. The molecule has 4 heterocycles. The molecule has 0 N–H and O–H groups in total. The fraction of sp³-hybridized carbons (Fsp3) is 0.467. The summed E-state index contributed by atoms with van der Waals surface area (Å²) in [4.78, 5) is 6.37. The van der Waals surface area contributed by atoms with E-state index in [0.717, 1.165) is 28.6 Å². The molecular formula is C15H14F3N7. The lowest BCUT2D eigenvalue weighted by molar-refractivity contribution is -0.147. The van der Waals surface area contributed by atoms with Gasteiger partial charge in [-0.3, -0.25) is 0 Å². The van der Waals surface area contributed by atoms with Crippen LogP contribution in [0.5, 0.6) is 0 Å². The largest absolute Gasteiger partial charge is 0.451 e. The van der Waals surface area contributed by atoms with Crippen LogP contribution in [0.15, 0.2) is 18.5 Å². The van der Waals surface area contributed by atoms with Crippen molar-refractivity contribution >= 4 is 11.3 Å². The summed E-state index contributed by atoms with van der Waals surface area (Å²) in [5, 5.41) is 11.6. The molecule has 3 aromatic heterocycles. The number of hydrogen-bond acceptors (Lipinski definition) is 5. The molecule has 7 nitrogen and oxygen atoms in total. The highest BCUT2D eigenvalue weighted by molar-refractivity contribution is 5.69. The lowest BCUT2D eigenvalue weighted by atomic mass is 10.2. The van der Waals surface area contributed by atoms with Crippen LogP contribution in [-0.2, 0) is 19.3 Å². The minimum atomic E-state index is -4.49. The van der Waals surface area contributed by atoms with Crippen molar-refractivity contribution in [1.82, 2.24) is 29.4 Å². The van der Waals surface area contributed by atoms with Gasteiger partial charge in [-0.1, -0.05) is 0 Å². The molecule has 0 amide bonds. The van der Waals surface area contributed by atoms with Crippen LogP contribution in [0.3, 0.4) is 0 Å². The van der Waals surface area contributed by atoms with Crippen molar-refractivity contribution < 1.29 is 13.2 Å². The van der Waals surface area contributed by atoms with Gasteiger partial charge in [0.05, 0.1) is 12.2 Å². The second-order valence-corrected chi connectivity index (χ2v) is 6.43. The first-order valence-electron chi connectivity index (χ1n) is 8.09. The van der Waals surface area contributed by atoms with Gasteiger partial charge in [0.2, 0.25) is 5.82 Å². The third-order valence-corrected chi connectivity index (χ3v) is 4.69. The van der Waals surface area contributed by atoms with Crippen molar-refractivity contribution in [3.05, 3.63) is 35.8 Å². The predicted molar refractivity (Wildman–Crippen MR) is 81.0 cm³/mol. The lowest BCUT2D eigenvalue weighted by Crippen LogP contribution is -2.36. The van der Waals surface area contributed by atoms with E-state index in [9.17, 15) is 13.2 Å². The number of anilines is 1. The number of fused-ring (bicyclic) bond motifs is 2. The van der Waals surface area contributed by atoms with Crippen LogP contribution in [0.2, 0.25) is 0 Å². The molecule has 130 valence electrons. The van der Waals surface area contributed by atoms with E-state index < -0.39 is 12.0 Å². The van der Waals surface area contributed by atoms with Gasteiger partial charge < -0.3 is 9.47 Å². The summed E-state index contributed by atoms with van der Waals surface area (Å²) in [6, 6.07) is 2.03. The fourth-order valence-corrected chi connectivity index (χ4v) is 3.30. The Labute approximate surface area is 140 Å². The maximum absolute atomic E-state index is 13.0. The molecule has 1 saturated carbocycles. The van der Waals surface area contributed by atoms with E-state index >= 15 is 0 Å². The lowest BCUT2D eigenvalue weighted by Gasteiger charge is -2.29. The molecule has 0 aromatic carbocycles. The van der Waals surface area contributed by atoms with Gasteiger partial charge in [-0.15, -0.1) is 10.2 Å². The monoisotopic (exact) mass is 349 g/mol. The molecule has 3 aromatic rings. The summed E-state index contributed by atoms with van der Waals surface area (Å²) < 4.78 is 41.8. The molecule has 1 aliphatic carbocycles. The van der Waals surface area contributed by atoms with Gasteiger partial charge in [-0.05, 0) is 18.9 Å². The summed E-state index contributed by atoms with van der Waals surface area (Å²) in [6.07, 6.45) is 1.26. The molecule has 0 atom stereocenters. The van der Waals surface area contributed by atoms with Gasteiger partial charge in [-0.2, -0.15) is 18.3 Å². The zero-order valence-electron chi connectivity index (χ0n) is 13.1. The third kappa shape index (κ3) is 2.35. The van der Waals surface area contributed by atoms with Gasteiger partial charge in [-0.25, -0.2) is 9.50 Å². The van der Waals surface area contributed by atoms with Crippen LogP contribution in [-0.4, -0.2) is 35.9 Å². The Hall–Kier alpha value is -2.65. The average Bonchev–Trinajstić information content (AvgIpc) is 3.18. The van der Waals surface area contributed by atoms with Crippen LogP contribution in [0, 0.1) is 0 Å². The van der Waals surface area contributed by atoms with Gasteiger partial charge in [0.25, 0.3) is 0 Å². The Morgan fingerprint density at radius 2 is 1.96 bits per heavy atom.